The maximum atomic E-state index is 12.4. The summed E-state index contributed by atoms with van der Waals surface area (Å²) in [4.78, 5) is 50.7. The summed E-state index contributed by atoms with van der Waals surface area (Å²) in [6.07, 6.45) is 3.61. The third-order valence-electron chi connectivity index (χ3n) is 4.18. The molecule has 0 bridgehead atoms. The molecule has 154 valence electrons. The van der Waals surface area contributed by atoms with Gasteiger partial charge in [0.15, 0.2) is 11.6 Å². The van der Waals surface area contributed by atoms with Gasteiger partial charge in [-0.2, -0.15) is 4.98 Å². The average Bonchev–Trinajstić information content (AvgIpc) is 2.72. The van der Waals surface area contributed by atoms with Crippen LogP contribution in [-0.4, -0.2) is 37.8 Å². The molecule has 0 aliphatic rings. The van der Waals surface area contributed by atoms with Crippen molar-refractivity contribution < 1.29 is 9.59 Å². The van der Waals surface area contributed by atoms with Gasteiger partial charge in [-0.05, 0) is 24.6 Å². The first-order valence-electron chi connectivity index (χ1n) is 9.03. The first-order valence-corrected chi connectivity index (χ1v) is 9.03. The lowest BCUT2D eigenvalue weighted by Crippen LogP contribution is -2.36. The molecule has 3 aromatic rings. The van der Waals surface area contributed by atoms with Crippen molar-refractivity contribution in [1.82, 2.24) is 19.9 Å². The SMILES string of the molecule is CCC(Nc1nc(Nc2cccc(-c3ncccn3)c2)c(C(N)=O)c(=O)[nH]1)C(N)=O. The van der Waals surface area contributed by atoms with Gasteiger partial charge in [-0.15, -0.1) is 0 Å². The van der Waals surface area contributed by atoms with E-state index in [-0.39, 0.29) is 17.3 Å². The van der Waals surface area contributed by atoms with Crippen LogP contribution in [-0.2, 0) is 4.79 Å². The van der Waals surface area contributed by atoms with Crippen LogP contribution in [0.25, 0.3) is 11.4 Å². The predicted octanol–water partition coefficient (Wildman–Crippen LogP) is 0.745. The molecule has 0 fully saturated rings. The lowest BCUT2D eigenvalue weighted by molar-refractivity contribution is -0.118. The van der Waals surface area contributed by atoms with Crippen molar-refractivity contribution in [2.24, 2.45) is 11.5 Å². The summed E-state index contributed by atoms with van der Waals surface area (Å²) in [6, 6.07) is 7.96. The molecule has 2 heterocycles. The number of anilines is 3. The fourth-order valence-corrected chi connectivity index (χ4v) is 2.72. The van der Waals surface area contributed by atoms with E-state index in [9.17, 15) is 14.4 Å². The van der Waals surface area contributed by atoms with Crippen molar-refractivity contribution in [2.45, 2.75) is 19.4 Å². The van der Waals surface area contributed by atoms with Gasteiger partial charge in [-0.3, -0.25) is 19.4 Å². The average molecular weight is 408 g/mol. The van der Waals surface area contributed by atoms with Crippen molar-refractivity contribution >= 4 is 29.3 Å². The zero-order valence-corrected chi connectivity index (χ0v) is 16.0. The van der Waals surface area contributed by atoms with Crippen LogP contribution in [0.3, 0.4) is 0 Å². The fraction of sp³-hybridized carbons (Fsp3) is 0.158. The largest absolute Gasteiger partial charge is 0.368 e. The van der Waals surface area contributed by atoms with Crippen LogP contribution in [0, 0.1) is 0 Å². The molecule has 0 spiro atoms. The third-order valence-corrected chi connectivity index (χ3v) is 4.18. The summed E-state index contributed by atoms with van der Waals surface area (Å²) in [5.74, 6) is -1.16. The number of hydrogen-bond donors (Lipinski definition) is 5. The minimum Gasteiger partial charge on any atom is -0.368 e. The molecular formula is C19H20N8O3. The number of carbonyl (C=O) groups is 2. The Kier molecular flexibility index (Phi) is 6.01. The molecule has 0 saturated heterocycles. The smallest absolute Gasteiger partial charge is 0.267 e. The second-order valence-electron chi connectivity index (χ2n) is 6.29. The molecule has 2 aromatic heterocycles. The second-order valence-corrected chi connectivity index (χ2v) is 6.29. The zero-order chi connectivity index (χ0) is 21.7. The molecule has 3 rings (SSSR count). The number of carbonyl (C=O) groups excluding carboxylic acids is 2. The highest BCUT2D eigenvalue weighted by Gasteiger charge is 2.20. The van der Waals surface area contributed by atoms with Gasteiger partial charge in [0.2, 0.25) is 11.9 Å². The van der Waals surface area contributed by atoms with Gasteiger partial charge in [0.05, 0.1) is 0 Å². The number of nitrogens with zero attached hydrogens (tertiary/aromatic N) is 3. The standard InChI is InChI=1S/C19H20N8O3/c1-2-12(14(20)28)25-19-26-17(13(15(21)29)18(30)27-19)24-11-6-3-5-10(9-11)16-22-7-4-8-23-16/h3-9,12H,2H2,1H3,(H2,20,28)(H2,21,29)(H3,24,25,26,27,30). The third kappa shape index (κ3) is 4.58. The topological polar surface area (TPSA) is 182 Å². The molecule has 0 aliphatic heterocycles. The molecule has 1 atom stereocenters. The van der Waals surface area contributed by atoms with E-state index in [2.05, 4.69) is 30.6 Å². The number of aromatic amines is 1. The molecule has 11 heteroatoms. The van der Waals surface area contributed by atoms with E-state index in [1.54, 1.807) is 43.6 Å². The van der Waals surface area contributed by atoms with Crippen LogP contribution in [0.15, 0.2) is 47.5 Å². The van der Waals surface area contributed by atoms with Crippen molar-refractivity contribution in [1.29, 1.82) is 0 Å². The van der Waals surface area contributed by atoms with E-state index in [1.165, 1.54) is 0 Å². The van der Waals surface area contributed by atoms with E-state index in [1.807, 2.05) is 6.07 Å². The van der Waals surface area contributed by atoms with Crippen molar-refractivity contribution in [3.05, 3.63) is 58.6 Å². The number of benzene rings is 1. The number of nitrogens with one attached hydrogen (secondary N) is 3. The summed E-state index contributed by atoms with van der Waals surface area (Å²) in [7, 11) is 0. The second kappa shape index (κ2) is 8.82. The lowest BCUT2D eigenvalue weighted by atomic mass is 10.2. The lowest BCUT2D eigenvalue weighted by Gasteiger charge is -2.16. The van der Waals surface area contributed by atoms with Crippen LogP contribution in [0.5, 0.6) is 0 Å². The molecular weight excluding hydrogens is 388 g/mol. The zero-order valence-electron chi connectivity index (χ0n) is 16.0. The van der Waals surface area contributed by atoms with Crippen LogP contribution >= 0.6 is 0 Å². The Morgan fingerprint density at radius 1 is 1.17 bits per heavy atom. The van der Waals surface area contributed by atoms with E-state index in [4.69, 9.17) is 11.5 Å². The van der Waals surface area contributed by atoms with Gasteiger partial charge >= 0.3 is 0 Å². The normalized spacial score (nSPS) is 11.5. The minimum atomic E-state index is -0.956. The van der Waals surface area contributed by atoms with E-state index in [0.717, 1.165) is 0 Å². The summed E-state index contributed by atoms with van der Waals surface area (Å²) in [5, 5.41) is 5.67. The summed E-state index contributed by atoms with van der Waals surface area (Å²) in [6.45, 7) is 1.74. The number of H-pyrrole nitrogens is 1. The summed E-state index contributed by atoms with van der Waals surface area (Å²) >= 11 is 0. The number of nitrogens with two attached hydrogens (primary N) is 2. The van der Waals surface area contributed by atoms with Crippen molar-refractivity contribution in [3.8, 4) is 11.4 Å². The number of rotatable bonds is 8. The van der Waals surface area contributed by atoms with E-state index >= 15 is 0 Å². The molecule has 0 saturated carbocycles. The van der Waals surface area contributed by atoms with Crippen molar-refractivity contribution in [3.63, 3.8) is 0 Å². The number of amides is 2. The molecule has 2 amide bonds. The molecule has 1 aromatic carbocycles. The maximum Gasteiger partial charge on any atom is 0.267 e. The molecule has 11 nitrogen and oxygen atoms in total. The first-order chi connectivity index (χ1) is 14.4. The minimum absolute atomic E-state index is 0.0271. The summed E-state index contributed by atoms with van der Waals surface area (Å²) < 4.78 is 0. The van der Waals surface area contributed by atoms with Crippen LogP contribution in [0.2, 0.25) is 0 Å². The first kappa shape index (κ1) is 20.5. The molecule has 30 heavy (non-hydrogen) atoms. The Bertz CT molecular complexity index is 1130. The maximum absolute atomic E-state index is 12.4. The Morgan fingerprint density at radius 3 is 2.53 bits per heavy atom. The Labute approximate surface area is 171 Å². The molecule has 7 N–H and O–H groups in total. The van der Waals surface area contributed by atoms with E-state index in [0.29, 0.717) is 23.5 Å². The van der Waals surface area contributed by atoms with Gasteiger partial charge < -0.3 is 22.1 Å². The molecule has 0 aliphatic carbocycles. The number of aromatic nitrogens is 4. The number of primary amides is 2. The quantitative estimate of drug-likeness (QED) is 0.362. The van der Waals surface area contributed by atoms with E-state index < -0.39 is 23.4 Å². The molecule has 1 unspecified atom stereocenters. The summed E-state index contributed by atoms with van der Waals surface area (Å²) in [5.41, 5.74) is 10.8. The Balaban J connectivity index is 1.99. The van der Waals surface area contributed by atoms with Crippen LogP contribution in [0.4, 0.5) is 17.5 Å². The monoisotopic (exact) mass is 408 g/mol. The van der Waals surface area contributed by atoms with Gasteiger partial charge in [-0.25, -0.2) is 9.97 Å². The highest BCUT2D eigenvalue weighted by molar-refractivity contribution is 5.98. The van der Waals surface area contributed by atoms with Gasteiger partial charge in [0, 0.05) is 23.6 Å². The molecule has 0 radical (unpaired) electrons. The van der Waals surface area contributed by atoms with Gasteiger partial charge in [-0.1, -0.05) is 19.1 Å². The van der Waals surface area contributed by atoms with Gasteiger partial charge in [0.25, 0.3) is 11.5 Å². The van der Waals surface area contributed by atoms with Crippen LogP contribution in [0.1, 0.15) is 23.7 Å². The van der Waals surface area contributed by atoms with Crippen molar-refractivity contribution in [2.75, 3.05) is 10.6 Å². The van der Waals surface area contributed by atoms with Crippen LogP contribution < -0.4 is 27.7 Å². The number of hydrogen-bond acceptors (Lipinski definition) is 8. The Morgan fingerprint density at radius 2 is 1.90 bits per heavy atom. The Hall–Kier alpha value is -4.28. The highest BCUT2D eigenvalue weighted by atomic mass is 16.2. The van der Waals surface area contributed by atoms with Gasteiger partial charge in [0.1, 0.15) is 11.6 Å². The fourth-order valence-electron chi connectivity index (χ4n) is 2.72. The highest BCUT2D eigenvalue weighted by Crippen LogP contribution is 2.23. The predicted molar refractivity (Wildman–Crippen MR) is 111 cm³/mol.